The van der Waals surface area contributed by atoms with Crippen molar-refractivity contribution in [3.05, 3.63) is 86.3 Å². The predicted molar refractivity (Wildman–Crippen MR) is 131 cm³/mol. The van der Waals surface area contributed by atoms with Crippen molar-refractivity contribution < 1.29 is 14.3 Å². The van der Waals surface area contributed by atoms with Gasteiger partial charge in [0.1, 0.15) is 0 Å². The number of carbonyl (C=O) groups excluding carboxylic acids is 1. The van der Waals surface area contributed by atoms with Crippen molar-refractivity contribution in [1.82, 2.24) is 0 Å². The first-order valence-corrected chi connectivity index (χ1v) is 10.9. The number of rotatable bonds is 7. The molecule has 0 aliphatic rings. The monoisotopic (exact) mass is 530 g/mol. The van der Waals surface area contributed by atoms with E-state index in [0.717, 1.165) is 0 Å². The molecule has 3 aromatic rings. The molecule has 0 saturated carbocycles. The first kappa shape index (κ1) is 23.7. The second-order valence-electron chi connectivity index (χ2n) is 6.53. The number of nitrogens with one attached hydrogen (secondary N) is 1. The number of methoxy groups -OCH3 is 1. The first-order valence-electron chi connectivity index (χ1n) is 9.33. The van der Waals surface area contributed by atoms with Crippen molar-refractivity contribution in [2.45, 2.75) is 0 Å². The summed E-state index contributed by atoms with van der Waals surface area (Å²) in [5.74, 6) is 0.465. The zero-order valence-electron chi connectivity index (χ0n) is 16.9. The third-order valence-electron chi connectivity index (χ3n) is 4.31. The molecule has 0 fully saturated rings. The van der Waals surface area contributed by atoms with Crippen molar-refractivity contribution in [1.29, 1.82) is 5.26 Å². The van der Waals surface area contributed by atoms with Crippen LogP contribution in [0.4, 0.5) is 5.69 Å². The molecule has 8 heteroatoms. The number of ether oxygens (including phenoxy) is 2. The van der Waals surface area contributed by atoms with Crippen LogP contribution in [-0.2, 0) is 4.79 Å². The Balaban J connectivity index is 1.82. The van der Waals surface area contributed by atoms with Crippen LogP contribution in [0.3, 0.4) is 0 Å². The van der Waals surface area contributed by atoms with Crippen LogP contribution in [0.5, 0.6) is 11.5 Å². The van der Waals surface area contributed by atoms with Gasteiger partial charge in [-0.15, -0.1) is 0 Å². The molecule has 5 nitrogen and oxygen atoms in total. The lowest BCUT2D eigenvalue weighted by molar-refractivity contribution is -0.118. The van der Waals surface area contributed by atoms with Crippen molar-refractivity contribution in [2.24, 2.45) is 0 Å². The minimum absolute atomic E-state index is 0.205. The molecule has 0 saturated heterocycles. The average molecular weight is 532 g/mol. The van der Waals surface area contributed by atoms with Crippen molar-refractivity contribution in [3.8, 4) is 17.6 Å². The largest absolute Gasteiger partial charge is 0.493 e. The number of allylic oxidation sites excluding steroid dienone is 1. The second-order valence-corrected chi connectivity index (χ2v) is 8.23. The summed E-state index contributed by atoms with van der Waals surface area (Å²) >= 11 is 15.6. The highest BCUT2D eigenvalue weighted by molar-refractivity contribution is 9.10. The molecule has 162 valence electrons. The Labute approximate surface area is 204 Å². The highest BCUT2D eigenvalue weighted by Crippen LogP contribution is 2.38. The summed E-state index contributed by atoms with van der Waals surface area (Å²) in [6.45, 7) is -0.205. The molecule has 0 radical (unpaired) electrons. The molecule has 1 amide bonds. The van der Waals surface area contributed by atoms with Gasteiger partial charge in [-0.1, -0.05) is 47.5 Å². The maximum absolute atomic E-state index is 12.2. The smallest absolute Gasteiger partial charge is 0.262 e. The zero-order chi connectivity index (χ0) is 23.1. The molecule has 3 rings (SSSR count). The van der Waals surface area contributed by atoms with Crippen LogP contribution in [0.25, 0.3) is 11.6 Å². The molecule has 3 aromatic carbocycles. The maximum atomic E-state index is 12.2. The van der Waals surface area contributed by atoms with Crippen LogP contribution >= 0.6 is 39.1 Å². The van der Waals surface area contributed by atoms with Gasteiger partial charge in [-0.25, -0.2) is 0 Å². The summed E-state index contributed by atoms with van der Waals surface area (Å²) < 4.78 is 11.7. The molecule has 0 bridgehead atoms. The summed E-state index contributed by atoms with van der Waals surface area (Å²) in [6.07, 6.45) is 1.67. The molecule has 0 heterocycles. The van der Waals surface area contributed by atoms with Crippen LogP contribution in [0.2, 0.25) is 10.0 Å². The van der Waals surface area contributed by atoms with E-state index < -0.39 is 0 Å². The van der Waals surface area contributed by atoms with E-state index >= 15 is 0 Å². The van der Waals surface area contributed by atoms with Crippen LogP contribution in [-0.4, -0.2) is 19.6 Å². The van der Waals surface area contributed by atoms with Crippen molar-refractivity contribution >= 4 is 62.4 Å². The highest BCUT2D eigenvalue weighted by Gasteiger charge is 2.15. The number of benzene rings is 3. The van der Waals surface area contributed by atoms with E-state index in [1.165, 1.54) is 7.11 Å². The average Bonchev–Trinajstić information content (AvgIpc) is 2.77. The van der Waals surface area contributed by atoms with Crippen LogP contribution < -0.4 is 14.8 Å². The van der Waals surface area contributed by atoms with E-state index in [0.29, 0.717) is 48.4 Å². The van der Waals surface area contributed by atoms with Gasteiger partial charge < -0.3 is 14.8 Å². The van der Waals surface area contributed by atoms with Crippen molar-refractivity contribution in [2.75, 3.05) is 19.0 Å². The van der Waals surface area contributed by atoms with Gasteiger partial charge in [0.2, 0.25) is 0 Å². The molecule has 0 aromatic heterocycles. The van der Waals surface area contributed by atoms with Gasteiger partial charge in [-0.05, 0) is 64.0 Å². The topological polar surface area (TPSA) is 71.3 Å². The van der Waals surface area contributed by atoms with Gasteiger partial charge in [0.25, 0.3) is 5.91 Å². The lowest BCUT2D eigenvalue weighted by Gasteiger charge is -2.14. The zero-order valence-corrected chi connectivity index (χ0v) is 20.0. The summed E-state index contributed by atoms with van der Waals surface area (Å²) in [6, 6.07) is 19.7. The summed E-state index contributed by atoms with van der Waals surface area (Å²) in [5, 5.41) is 13.2. The lowest BCUT2D eigenvalue weighted by atomic mass is 10.0. The minimum Gasteiger partial charge on any atom is -0.493 e. The summed E-state index contributed by atoms with van der Waals surface area (Å²) in [4.78, 5) is 12.2. The first-order chi connectivity index (χ1) is 15.4. The number of nitrogens with zero attached hydrogens (tertiary/aromatic N) is 1. The molecular formula is C24H17BrCl2N2O3. The lowest BCUT2D eigenvalue weighted by Crippen LogP contribution is -2.20. The molecule has 0 spiro atoms. The number of halogens is 3. The third kappa shape index (κ3) is 6.04. The predicted octanol–water partition coefficient (Wildman–Crippen LogP) is 6.85. The molecule has 0 aliphatic heterocycles. The van der Waals surface area contributed by atoms with Gasteiger partial charge in [0.05, 0.1) is 28.2 Å². The number of hydrogen-bond acceptors (Lipinski definition) is 4. The van der Waals surface area contributed by atoms with Gasteiger partial charge in [-0.3, -0.25) is 4.79 Å². The Morgan fingerprint density at radius 2 is 1.91 bits per heavy atom. The van der Waals surface area contributed by atoms with E-state index in [2.05, 4.69) is 27.3 Å². The minimum atomic E-state index is -0.307. The summed E-state index contributed by atoms with van der Waals surface area (Å²) in [5.41, 5.74) is 2.28. The number of nitriles is 1. The SMILES string of the molecule is COc1cc(/C=C(\C#N)c2ccc(Cl)cc2Cl)cc(Br)c1OCC(=O)Nc1ccccc1. The van der Waals surface area contributed by atoms with E-state index in [1.54, 1.807) is 48.5 Å². The maximum Gasteiger partial charge on any atom is 0.262 e. The molecule has 0 unspecified atom stereocenters. The fraction of sp³-hybridized carbons (Fsp3) is 0.0833. The van der Waals surface area contributed by atoms with Gasteiger partial charge in [-0.2, -0.15) is 5.26 Å². The van der Waals surface area contributed by atoms with Gasteiger partial charge in [0.15, 0.2) is 18.1 Å². The summed E-state index contributed by atoms with van der Waals surface area (Å²) in [7, 11) is 1.49. The quantitative estimate of drug-likeness (QED) is 0.267. The van der Waals surface area contributed by atoms with E-state index in [-0.39, 0.29) is 12.5 Å². The van der Waals surface area contributed by atoms with Crippen LogP contribution in [0, 0.1) is 11.3 Å². The Morgan fingerprint density at radius 3 is 2.56 bits per heavy atom. The van der Waals surface area contributed by atoms with Crippen molar-refractivity contribution in [3.63, 3.8) is 0 Å². The number of amides is 1. The van der Waals surface area contributed by atoms with E-state index in [4.69, 9.17) is 32.7 Å². The fourth-order valence-electron chi connectivity index (χ4n) is 2.86. The van der Waals surface area contributed by atoms with Crippen LogP contribution in [0.1, 0.15) is 11.1 Å². The molecular weight excluding hydrogens is 515 g/mol. The van der Waals surface area contributed by atoms with E-state index in [9.17, 15) is 10.1 Å². The number of anilines is 1. The Morgan fingerprint density at radius 1 is 1.16 bits per heavy atom. The molecule has 0 atom stereocenters. The molecule has 32 heavy (non-hydrogen) atoms. The Bertz CT molecular complexity index is 1210. The molecule has 0 aliphatic carbocycles. The Kier molecular flexibility index (Phi) is 8.18. The number of para-hydroxylation sites is 1. The Hall–Kier alpha value is -2.98. The molecule has 1 N–H and O–H groups in total. The van der Waals surface area contributed by atoms with Gasteiger partial charge in [0, 0.05) is 16.3 Å². The number of carbonyl (C=O) groups is 1. The standard InChI is InChI=1S/C24H17BrCl2N2O3/c1-31-22-11-15(9-16(13-28)19-8-7-17(26)12-21(19)27)10-20(25)24(22)32-14-23(30)29-18-5-3-2-4-6-18/h2-12H,14H2,1H3,(H,29,30)/b16-9+. The normalized spacial score (nSPS) is 10.9. The van der Waals surface area contributed by atoms with Gasteiger partial charge >= 0.3 is 0 Å². The number of hydrogen-bond donors (Lipinski definition) is 1. The van der Waals surface area contributed by atoms with E-state index in [1.807, 2.05) is 18.2 Å². The third-order valence-corrected chi connectivity index (χ3v) is 5.45. The highest BCUT2D eigenvalue weighted by atomic mass is 79.9. The second kappa shape index (κ2) is 11.1. The van der Waals surface area contributed by atoms with Crippen LogP contribution in [0.15, 0.2) is 65.1 Å². The fourth-order valence-corrected chi connectivity index (χ4v) is 3.95.